The number of anilines is 1. The number of nitrogens with zero attached hydrogens (tertiary/aromatic N) is 1. The quantitative estimate of drug-likeness (QED) is 0.551. The summed E-state index contributed by atoms with van der Waals surface area (Å²) in [5, 5.41) is 5.35. The Kier molecular flexibility index (Phi) is 6.43. The van der Waals surface area contributed by atoms with Crippen LogP contribution in [0.4, 0.5) is 10.5 Å². The van der Waals surface area contributed by atoms with Crippen LogP contribution in [0.3, 0.4) is 0 Å². The molecule has 0 bridgehead atoms. The van der Waals surface area contributed by atoms with Crippen molar-refractivity contribution in [3.05, 3.63) is 29.3 Å². The molecule has 1 fully saturated rings. The van der Waals surface area contributed by atoms with E-state index >= 15 is 0 Å². The number of hydrogen-bond acceptors (Lipinski definition) is 5. The van der Waals surface area contributed by atoms with E-state index in [0.29, 0.717) is 23.6 Å². The molecule has 0 aromatic heterocycles. The smallest absolute Gasteiger partial charge is 0.337 e. The van der Waals surface area contributed by atoms with Crippen LogP contribution < -0.4 is 10.6 Å². The lowest BCUT2D eigenvalue weighted by atomic mass is 9.92. The molecule has 0 aliphatic carbocycles. The summed E-state index contributed by atoms with van der Waals surface area (Å²) in [5.41, 5.74) is 0.449. The molecule has 28 heavy (non-hydrogen) atoms. The Morgan fingerprint density at radius 3 is 2.57 bits per heavy atom. The lowest BCUT2D eigenvalue weighted by Crippen LogP contribution is -2.44. The number of carbonyl (C=O) groups excluding carboxylic acids is 4. The number of hydrogen-bond donors (Lipinski definition) is 2. The van der Waals surface area contributed by atoms with Crippen molar-refractivity contribution in [1.29, 1.82) is 0 Å². The van der Waals surface area contributed by atoms with E-state index in [9.17, 15) is 19.2 Å². The maximum atomic E-state index is 12.7. The summed E-state index contributed by atoms with van der Waals surface area (Å²) in [5.74, 6) is -1.07. The molecule has 1 atom stereocenters. The fourth-order valence-electron chi connectivity index (χ4n) is 2.97. The van der Waals surface area contributed by atoms with Gasteiger partial charge in [-0.25, -0.2) is 9.59 Å². The first-order valence-electron chi connectivity index (χ1n) is 9.20. The first kappa shape index (κ1) is 21.4. The highest BCUT2D eigenvalue weighted by molar-refractivity contribution is 6.10. The van der Waals surface area contributed by atoms with Gasteiger partial charge >= 0.3 is 12.0 Å². The van der Waals surface area contributed by atoms with E-state index < -0.39 is 35.9 Å². The largest absolute Gasteiger partial charge is 0.465 e. The lowest BCUT2D eigenvalue weighted by molar-refractivity contribution is -0.133. The topological polar surface area (TPSA) is 105 Å². The maximum Gasteiger partial charge on any atom is 0.337 e. The van der Waals surface area contributed by atoms with Gasteiger partial charge in [0, 0.05) is 5.69 Å². The van der Waals surface area contributed by atoms with Crippen molar-refractivity contribution < 1.29 is 23.9 Å². The average molecular weight is 389 g/mol. The molecule has 1 heterocycles. The standard InChI is InChI=1S/C20H27N3O5/c1-12(2)8-9-20(4)18(26)23(19(27)22-20)11-16(24)21-15-10-14(17(25)28-5)7-6-13(15)3/h6-7,10,12H,8-9,11H2,1-5H3,(H,21,24)(H,22,27)/t20-/m1/s1. The van der Waals surface area contributed by atoms with E-state index in [0.717, 1.165) is 16.9 Å². The molecule has 2 N–H and O–H groups in total. The Labute approximate surface area is 164 Å². The number of aryl methyl sites for hydroxylation is 1. The lowest BCUT2D eigenvalue weighted by Gasteiger charge is -2.22. The van der Waals surface area contributed by atoms with Gasteiger partial charge in [0.1, 0.15) is 12.1 Å². The molecule has 8 nitrogen and oxygen atoms in total. The maximum absolute atomic E-state index is 12.7. The van der Waals surface area contributed by atoms with Crippen molar-refractivity contribution in [3.8, 4) is 0 Å². The number of ether oxygens (including phenoxy) is 1. The molecule has 2 rings (SSSR count). The van der Waals surface area contributed by atoms with Gasteiger partial charge in [0.05, 0.1) is 12.7 Å². The molecule has 4 amide bonds. The van der Waals surface area contributed by atoms with Crippen molar-refractivity contribution in [3.63, 3.8) is 0 Å². The number of urea groups is 1. The molecule has 1 aliphatic rings. The average Bonchev–Trinajstić information content (AvgIpc) is 2.84. The number of esters is 1. The van der Waals surface area contributed by atoms with Gasteiger partial charge in [0.25, 0.3) is 5.91 Å². The van der Waals surface area contributed by atoms with Gasteiger partial charge in [-0.1, -0.05) is 19.9 Å². The molecular formula is C20H27N3O5. The zero-order chi connectivity index (χ0) is 21.1. The highest BCUT2D eigenvalue weighted by atomic mass is 16.5. The summed E-state index contributed by atoms with van der Waals surface area (Å²) >= 11 is 0. The minimum atomic E-state index is -0.998. The molecule has 0 unspecified atom stereocenters. The predicted molar refractivity (Wildman–Crippen MR) is 104 cm³/mol. The van der Waals surface area contributed by atoms with E-state index in [4.69, 9.17) is 0 Å². The second-order valence-electron chi connectivity index (χ2n) is 7.66. The molecule has 0 radical (unpaired) electrons. The fourth-order valence-corrected chi connectivity index (χ4v) is 2.97. The monoisotopic (exact) mass is 389 g/mol. The molecular weight excluding hydrogens is 362 g/mol. The summed E-state index contributed by atoms with van der Waals surface area (Å²) in [7, 11) is 1.27. The fraction of sp³-hybridized carbons (Fsp3) is 0.500. The number of rotatable bonds is 7. The number of imide groups is 1. The van der Waals surface area contributed by atoms with Gasteiger partial charge in [-0.2, -0.15) is 0 Å². The zero-order valence-corrected chi connectivity index (χ0v) is 16.9. The number of methoxy groups -OCH3 is 1. The number of carbonyl (C=O) groups is 4. The normalized spacial score (nSPS) is 19.0. The minimum absolute atomic E-state index is 0.291. The SMILES string of the molecule is COC(=O)c1ccc(C)c(NC(=O)CN2C(=O)N[C@](C)(CCC(C)C)C2=O)c1. The van der Waals surface area contributed by atoms with E-state index in [-0.39, 0.29) is 0 Å². The first-order valence-corrected chi connectivity index (χ1v) is 9.20. The van der Waals surface area contributed by atoms with Gasteiger partial charge in [-0.05, 0) is 50.3 Å². The van der Waals surface area contributed by atoms with Crippen LogP contribution >= 0.6 is 0 Å². The Hall–Kier alpha value is -2.90. The van der Waals surface area contributed by atoms with Gasteiger partial charge in [-0.15, -0.1) is 0 Å². The zero-order valence-electron chi connectivity index (χ0n) is 16.9. The summed E-state index contributed by atoms with van der Waals surface area (Å²) < 4.78 is 4.68. The van der Waals surface area contributed by atoms with Crippen LogP contribution in [0.2, 0.25) is 0 Å². The van der Waals surface area contributed by atoms with Gasteiger partial charge in [-0.3, -0.25) is 14.5 Å². The van der Waals surface area contributed by atoms with Crippen LogP contribution in [0, 0.1) is 12.8 Å². The van der Waals surface area contributed by atoms with Gasteiger partial charge in [0.15, 0.2) is 0 Å². The Morgan fingerprint density at radius 2 is 1.96 bits per heavy atom. The van der Waals surface area contributed by atoms with E-state index in [2.05, 4.69) is 15.4 Å². The van der Waals surface area contributed by atoms with E-state index in [1.54, 1.807) is 26.0 Å². The first-order chi connectivity index (χ1) is 13.1. The van der Waals surface area contributed by atoms with Crippen LogP contribution in [-0.2, 0) is 14.3 Å². The second-order valence-corrected chi connectivity index (χ2v) is 7.66. The molecule has 152 valence electrons. The van der Waals surface area contributed by atoms with E-state index in [1.807, 2.05) is 13.8 Å². The third-order valence-corrected chi connectivity index (χ3v) is 4.80. The summed E-state index contributed by atoms with van der Waals surface area (Å²) in [4.78, 5) is 50.0. The third kappa shape index (κ3) is 4.68. The molecule has 1 saturated heterocycles. The number of benzene rings is 1. The Balaban J connectivity index is 2.08. The summed E-state index contributed by atoms with van der Waals surface area (Å²) in [6.45, 7) is 7.13. The highest BCUT2D eigenvalue weighted by Crippen LogP contribution is 2.25. The van der Waals surface area contributed by atoms with Crippen molar-refractivity contribution in [2.24, 2.45) is 5.92 Å². The molecule has 1 aliphatic heterocycles. The van der Waals surface area contributed by atoms with Crippen LogP contribution in [-0.4, -0.2) is 47.9 Å². The molecule has 0 spiro atoms. The molecule has 1 aromatic carbocycles. The predicted octanol–water partition coefficient (Wildman–Crippen LogP) is 2.47. The van der Waals surface area contributed by atoms with Crippen LogP contribution in [0.25, 0.3) is 0 Å². The molecule has 1 aromatic rings. The highest BCUT2D eigenvalue weighted by Gasteiger charge is 2.47. The third-order valence-electron chi connectivity index (χ3n) is 4.80. The van der Waals surface area contributed by atoms with Crippen molar-refractivity contribution in [2.75, 3.05) is 19.0 Å². The summed E-state index contributed by atoms with van der Waals surface area (Å²) in [6.07, 6.45) is 1.29. The van der Waals surface area contributed by atoms with Crippen molar-refractivity contribution in [2.45, 2.75) is 46.1 Å². The minimum Gasteiger partial charge on any atom is -0.465 e. The van der Waals surface area contributed by atoms with Crippen LogP contribution in [0.5, 0.6) is 0 Å². The van der Waals surface area contributed by atoms with E-state index in [1.165, 1.54) is 13.2 Å². The number of nitrogens with one attached hydrogen (secondary N) is 2. The van der Waals surface area contributed by atoms with Crippen LogP contribution in [0.1, 0.15) is 49.5 Å². The Morgan fingerprint density at radius 1 is 1.29 bits per heavy atom. The van der Waals surface area contributed by atoms with Gasteiger partial charge in [0.2, 0.25) is 5.91 Å². The van der Waals surface area contributed by atoms with Gasteiger partial charge < -0.3 is 15.4 Å². The summed E-state index contributed by atoms with van der Waals surface area (Å²) in [6, 6.07) is 4.19. The van der Waals surface area contributed by atoms with Crippen molar-refractivity contribution in [1.82, 2.24) is 10.2 Å². The van der Waals surface area contributed by atoms with Crippen molar-refractivity contribution >= 4 is 29.5 Å². The van der Waals surface area contributed by atoms with Crippen LogP contribution in [0.15, 0.2) is 18.2 Å². The molecule has 8 heteroatoms. The number of amides is 4. The Bertz CT molecular complexity index is 805. The molecule has 0 saturated carbocycles. The second kappa shape index (κ2) is 8.41.